The van der Waals surface area contributed by atoms with Crippen molar-refractivity contribution in [3.8, 4) is 0 Å². The molecule has 1 saturated heterocycles. The molecule has 0 spiro atoms. The van der Waals surface area contributed by atoms with Gasteiger partial charge in [0.1, 0.15) is 5.78 Å². The molecule has 1 aliphatic heterocycles. The molecule has 2 rings (SSSR count). The van der Waals surface area contributed by atoms with E-state index in [2.05, 4.69) is 4.72 Å². The average Bonchev–Trinajstić information content (AvgIpc) is 2.28. The first kappa shape index (κ1) is 8.19. The number of sulfonamides is 1. The summed E-state index contributed by atoms with van der Waals surface area (Å²) in [6, 6.07) is 0. The van der Waals surface area contributed by atoms with E-state index in [0.717, 1.165) is 6.42 Å². The first-order valence-electron chi connectivity index (χ1n) is 4.10. The Kier molecular flexibility index (Phi) is 1.73. The largest absolute Gasteiger partial charge is 0.300 e. The second-order valence-corrected chi connectivity index (χ2v) is 5.46. The SMILES string of the molecule is O=C1CCC2CNS(=O)(=O)C2C1. The molecule has 1 N–H and O–H groups in total. The second kappa shape index (κ2) is 2.53. The maximum absolute atomic E-state index is 11.3. The summed E-state index contributed by atoms with van der Waals surface area (Å²) in [6.45, 7) is 0.528. The van der Waals surface area contributed by atoms with Crippen LogP contribution in [0.25, 0.3) is 0 Å². The van der Waals surface area contributed by atoms with Crippen molar-refractivity contribution in [1.29, 1.82) is 0 Å². The van der Waals surface area contributed by atoms with Crippen molar-refractivity contribution in [3.05, 3.63) is 0 Å². The molecular formula is C7H11NO3S. The Labute approximate surface area is 71.4 Å². The Balaban J connectivity index is 2.27. The van der Waals surface area contributed by atoms with Crippen LogP contribution >= 0.6 is 0 Å². The van der Waals surface area contributed by atoms with Gasteiger partial charge in [-0.3, -0.25) is 4.79 Å². The highest BCUT2D eigenvalue weighted by Gasteiger charge is 2.43. The van der Waals surface area contributed by atoms with Gasteiger partial charge in [0.15, 0.2) is 0 Å². The van der Waals surface area contributed by atoms with Crippen LogP contribution in [0.1, 0.15) is 19.3 Å². The topological polar surface area (TPSA) is 63.2 Å². The van der Waals surface area contributed by atoms with Gasteiger partial charge in [-0.15, -0.1) is 0 Å². The van der Waals surface area contributed by atoms with Gasteiger partial charge in [0.25, 0.3) is 0 Å². The van der Waals surface area contributed by atoms with Crippen LogP contribution in [0.15, 0.2) is 0 Å². The number of hydrogen-bond donors (Lipinski definition) is 1. The van der Waals surface area contributed by atoms with Crippen LogP contribution in [0.4, 0.5) is 0 Å². The molecular weight excluding hydrogens is 178 g/mol. The number of Topliss-reactive ketones (excluding diaryl/α,β-unsaturated/α-hetero) is 1. The van der Waals surface area contributed by atoms with Crippen LogP contribution in [0.5, 0.6) is 0 Å². The molecule has 0 aromatic rings. The highest BCUT2D eigenvalue weighted by atomic mass is 32.2. The Hall–Kier alpha value is -0.420. The molecule has 0 aromatic heterocycles. The summed E-state index contributed by atoms with van der Waals surface area (Å²) in [4.78, 5) is 11.0. The molecule has 68 valence electrons. The number of hydrogen-bond acceptors (Lipinski definition) is 3. The number of fused-ring (bicyclic) bond motifs is 1. The van der Waals surface area contributed by atoms with Crippen molar-refractivity contribution in [2.24, 2.45) is 5.92 Å². The van der Waals surface area contributed by atoms with Gasteiger partial charge in [0, 0.05) is 19.4 Å². The predicted octanol–water partition coefficient (Wildman–Crippen LogP) is -0.343. The third kappa shape index (κ3) is 1.17. The van der Waals surface area contributed by atoms with Crippen molar-refractivity contribution in [3.63, 3.8) is 0 Å². The van der Waals surface area contributed by atoms with E-state index in [4.69, 9.17) is 0 Å². The summed E-state index contributed by atoms with van der Waals surface area (Å²) in [7, 11) is -3.15. The number of carbonyl (C=O) groups is 1. The quantitative estimate of drug-likeness (QED) is 0.567. The Morgan fingerprint density at radius 3 is 2.92 bits per heavy atom. The molecule has 0 bridgehead atoms. The van der Waals surface area contributed by atoms with E-state index >= 15 is 0 Å². The van der Waals surface area contributed by atoms with Gasteiger partial charge in [0.2, 0.25) is 10.0 Å². The van der Waals surface area contributed by atoms with E-state index in [9.17, 15) is 13.2 Å². The lowest BCUT2D eigenvalue weighted by Gasteiger charge is -2.20. The minimum Gasteiger partial charge on any atom is -0.300 e. The third-order valence-electron chi connectivity index (χ3n) is 2.69. The molecule has 1 heterocycles. The van der Waals surface area contributed by atoms with E-state index in [1.807, 2.05) is 0 Å². The van der Waals surface area contributed by atoms with Crippen molar-refractivity contribution in [2.45, 2.75) is 24.5 Å². The smallest absolute Gasteiger partial charge is 0.215 e. The Bertz CT molecular complexity index is 309. The zero-order valence-electron chi connectivity index (χ0n) is 6.62. The summed E-state index contributed by atoms with van der Waals surface area (Å²) >= 11 is 0. The summed E-state index contributed by atoms with van der Waals surface area (Å²) in [5, 5.41) is -0.432. The van der Waals surface area contributed by atoms with Crippen LogP contribution in [-0.2, 0) is 14.8 Å². The van der Waals surface area contributed by atoms with Crippen LogP contribution in [0, 0.1) is 5.92 Å². The van der Waals surface area contributed by atoms with Gasteiger partial charge in [0.05, 0.1) is 5.25 Å². The average molecular weight is 189 g/mol. The van der Waals surface area contributed by atoms with Crippen molar-refractivity contribution < 1.29 is 13.2 Å². The second-order valence-electron chi connectivity index (χ2n) is 3.47. The van der Waals surface area contributed by atoms with Gasteiger partial charge in [-0.25, -0.2) is 13.1 Å². The molecule has 12 heavy (non-hydrogen) atoms. The molecule has 0 aromatic carbocycles. The standard InChI is InChI=1S/C7H11NO3S/c9-6-2-1-5-4-8-12(10,11)7(5)3-6/h5,7-8H,1-4H2. The van der Waals surface area contributed by atoms with Crippen LogP contribution < -0.4 is 4.72 Å². The van der Waals surface area contributed by atoms with Crippen molar-refractivity contribution in [1.82, 2.24) is 4.72 Å². The Morgan fingerprint density at radius 1 is 1.42 bits per heavy atom. The molecule has 4 nitrogen and oxygen atoms in total. The zero-order valence-corrected chi connectivity index (χ0v) is 7.43. The fourth-order valence-corrected chi connectivity index (χ4v) is 3.76. The lowest BCUT2D eigenvalue weighted by Crippen LogP contribution is -2.31. The number of ketones is 1. The fourth-order valence-electron chi connectivity index (χ4n) is 1.95. The van der Waals surface area contributed by atoms with Crippen LogP contribution in [-0.4, -0.2) is 26.0 Å². The first-order valence-corrected chi connectivity index (χ1v) is 5.64. The highest BCUT2D eigenvalue weighted by Crippen LogP contribution is 2.30. The van der Waals surface area contributed by atoms with Crippen LogP contribution in [0.2, 0.25) is 0 Å². The number of carbonyl (C=O) groups excluding carboxylic acids is 1. The fraction of sp³-hybridized carbons (Fsp3) is 0.857. The number of rotatable bonds is 0. The molecule has 0 amide bonds. The van der Waals surface area contributed by atoms with Crippen molar-refractivity contribution >= 4 is 15.8 Å². The van der Waals surface area contributed by atoms with E-state index in [1.54, 1.807) is 0 Å². The first-order chi connectivity index (χ1) is 5.59. The Morgan fingerprint density at radius 2 is 2.17 bits per heavy atom. The monoisotopic (exact) mass is 189 g/mol. The van der Waals surface area contributed by atoms with Gasteiger partial charge < -0.3 is 0 Å². The predicted molar refractivity (Wildman–Crippen MR) is 43.1 cm³/mol. The summed E-state index contributed by atoms with van der Waals surface area (Å²) < 4.78 is 25.0. The minimum atomic E-state index is -3.15. The molecule has 1 aliphatic carbocycles. The minimum absolute atomic E-state index is 0.0866. The third-order valence-corrected chi connectivity index (χ3v) is 4.61. The van der Waals surface area contributed by atoms with E-state index in [1.165, 1.54) is 0 Å². The maximum atomic E-state index is 11.3. The zero-order chi connectivity index (χ0) is 8.77. The lowest BCUT2D eigenvalue weighted by atomic mass is 9.88. The summed E-state index contributed by atoms with van der Waals surface area (Å²) in [6.07, 6.45) is 1.51. The molecule has 2 aliphatic rings. The molecule has 2 atom stereocenters. The van der Waals surface area contributed by atoms with Gasteiger partial charge in [-0.2, -0.15) is 0 Å². The van der Waals surface area contributed by atoms with E-state index < -0.39 is 15.3 Å². The van der Waals surface area contributed by atoms with Gasteiger partial charge in [-0.1, -0.05) is 0 Å². The van der Waals surface area contributed by atoms with Gasteiger partial charge >= 0.3 is 0 Å². The van der Waals surface area contributed by atoms with Crippen LogP contribution in [0.3, 0.4) is 0 Å². The molecule has 1 saturated carbocycles. The van der Waals surface area contributed by atoms with E-state index in [0.29, 0.717) is 13.0 Å². The summed E-state index contributed by atoms with van der Waals surface area (Å²) in [5.74, 6) is 0.260. The molecule has 2 unspecified atom stereocenters. The summed E-state index contributed by atoms with van der Waals surface area (Å²) in [5.41, 5.74) is 0. The highest BCUT2D eigenvalue weighted by molar-refractivity contribution is 7.90. The normalized spacial score (nSPS) is 39.5. The number of nitrogens with one attached hydrogen (secondary N) is 1. The molecule has 5 heteroatoms. The van der Waals surface area contributed by atoms with Gasteiger partial charge in [-0.05, 0) is 12.3 Å². The molecule has 0 radical (unpaired) electrons. The molecule has 2 fully saturated rings. The van der Waals surface area contributed by atoms with Crippen molar-refractivity contribution in [2.75, 3.05) is 6.54 Å². The lowest BCUT2D eigenvalue weighted by molar-refractivity contribution is -0.120. The van der Waals surface area contributed by atoms with E-state index in [-0.39, 0.29) is 18.1 Å². The maximum Gasteiger partial charge on any atom is 0.215 e.